The summed E-state index contributed by atoms with van der Waals surface area (Å²) in [5, 5.41) is 7.34. The summed E-state index contributed by atoms with van der Waals surface area (Å²) < 4.78 is 1.80. The molecular formula is C12H18N6. The summed E-state index contributed by atoms with van der Waals surface area (Å²) in [6.07, 6.45) is 3.49. The standard InChI is InChI=1S/C12H18N6/c1-9-7-11(17-10(2)16-9)13-6-4-5-12-14-8-15-18(12)3/h7-8H,4-6H2,1-3H3,(H,13,16,17). The Labute approximate surface area is 106 Å². The first-order valence-electron chi connectivity index (χ1n) is 6.04. The van der Waals surface area contributed by atoms with Gasteiger partial charge in [0, 0.05) is 31.8 Å². The molecule has 0 aliphatic heterocycles. The van der Waals surface area contributed by atoms with Crippen molar-refractivity contribution in [2.24, 2.45) is 7.05 Å². The molecule has 2 aromatic rings. The summed E-state index contributed by atoms with van der Waals surface area (Å²) in [4.78, 5) is 12.8. The number of anilines is 1. The molecule has 2 heterocycles. The average molecular weight is 246 g/mol. The van der Waals surface area contributed by atoms with Crippen molar-refractivity contribution in [3.05, 3.63) is 29.7 Å². The van der Waals surface area contributed by atoms with E-state index in [-0.39, 0.29) is 0 Å². The fourth-order valence-corrected chi connectivity index (χ4v) is 1.82. The van der Waals surface area contributed by atoms with Crippen LogP contribution >= 0.6 is 0 Å². The molecule has 6 heteroatoms. The largest absolute Gasteiger partial charge is 0.370 e. The van der Waals surface area contributed by atoms with Gasteiger partial charge in [-0.05, 0) is 20.3 Å². The van der Waals surface area contributed by atoms with Gasteiger partial charge in [-0.3, -0.25) is 4.68 Å². The van der Waals surface area contributed by atoms with Gasteiger partial charge in [-0.1, -0.05) is 0 Å². The van der Waals surface area contributed by atoms with Gasteiger partial charge < -0.3 is 5.32 Å². The average Bonchev–Trinajstić information content (AvgIpc) is 2.69. The van der Waals surface area contributed by atoms with Crippen molar-refractivity contribution in [1.82, 2.24) is 24.7 Å². The van der Waals surface area contributed by atoms with Crippen LogP contribution in [0.2, 0.25) is 0 Å². The van der Waals surface area contributed by atoms with Gasteiger partial charge in [0.05, 0.1) is 0 Å². The molecule has 0 saturated heterocycles. The summed E-state index contributed by atoms with van der Waals surface area (Å²) in [7, 11) is 1.91. The Morgan fingerprint density at radius 2 is 2.11 bits per heavy atom. The number of aromatic nitrogens is 5. The van der Waals surface area contributed by atoms with Crippen molar-refractivity contribution in [3.63, 3.8) is 0 Å². The molecule has 18 heavy (non-hydrogen) atoms. The highest BCUT2D eigenvalue weighted by molar-refractivity contribution is 5.35. The van der Waals surface area contributed by atoms with Crippen LogP contribution in [-0.2, 0) is 13.5 Å². The number of rotatable bonds is 5. The maximum atomic E-state index is 4.33. The van der Waals surface area contributed by atoms with E-state index in [0.717, 1.165) is 42.5 Å². The van der Waals surface area contributed by atoms with Crippen LogP contribution < -0.4 is 5.32 Å². The maximum Gasteiger partial charge on any atom is 0.138 e. The van der Waals surface area contributed by atoms with Crippen LogP contribution in [-0.4, -0.2) is 31.3 Å². The van der Waals surface area contributed by atoms with Gasteiger partial charge in [-0.2, -0.15) is 5.10 Å². The minimum Gasteiger partial charge on any atom is -0.370 e. The van der Waals surface area contributed by atoms with Gasteiger partial charge in [0.25, 0.3) is 0 Å². The molecule has 0 unspecified atom stereocenters. The van der Waals surface area contributed by atoms with Gasteiger partial charge in [0.15, 0.2) is 0 Å². The first-order chi connectivity index (χ1) is 8.65. The zero-order chi connectivity index (χ0) is 13.0. The highest BCUT2D eigenvalue weighted by atomic mass is 15.3. The molecule has 2 rings (SSSR count). The Morgan fingerprint density at radius 1 is 1.28 bits per heavy atom. The van der Waals surface area contributed by atoms with E-state index >= 15 is 0 Å². The normalized spacial score (nSPS) is 10.6. The lowest BCUT2D eigenvalue weighted by Crippen LogP contribution is -2.08. The molecule has 96 valence electrons. The lowest BCUT2D eigenvalue weighted by Gasteiger charge is -2.06. The molecule has 0 spiro atoms. The van der Waals surface area contributed by atoms with E-state index in [1.807, 2.05) is 27.0 Å². The fraction of sp³-hybridized carbons (Fsp3) is 0.500. The Bertz CT molecular complexity index is 499. The molecule has 2 aromatic heterocycles. The third-order valence-electron chi connectivity index (χ3n) is 2.65. The number of hydrogen-bond acceptors (Lipinski definition) is 5. The number of nitrogens with one attached hydrogen (secondary N) is 1. The first-order valence-corrected chi connectivity index (χ1v) is 6.04. The van der Waals surface area contributed by atoms with Crippen molar-refractivity contribution in [1.29, 1.82) is 0 Å². The van der Waals surface area contributed by atoms with Crippen LogP contribution in [0.5, 0.6) is 0 Å². The molecular weight excluding hydrogens is 228 g/mol. The van der Waals surface area contributed by atoms with E-state index in [2.05, 4.69) is 25.4 Å². The Hall–Kier alpha value is -1.98. The summed E-state index contributed by atoms with van der Waals surface area (Å²) in [6.45, 7) is 4.74. The smallest absolute Gasteiger partial charge is 0.138 e. The second kappa shape index (κ2) is 5.57. The predicted octanol–water partition coefficient (Wildman–Crippen LogP) is 1.27. The number of nitrogens with zero attached hydrogens (tertiary/aromatic N) is 5. The molecule has 0 atom stereocenters. The second-order valence-electron chi connectivity index (χ2n) is 4.27. The topological polar surface area (TPSA) is 68.5 Å². The van der Waals surface area contributed by atoms with Crippen LogP contribution in [0.15, 0.2) is 12.4 Å². The van der Waals surface area contributed by atoms with Crippen LogP contribution in [0, 0.1) is 13.8 Å². The van der Waals surface area contributed by atoms with Gasteiger partial charge in [0.1, 0.15) is 23.8 Å². The molecule has 0 bridgehead atoms. The fourth-order valence-electron chi connectivity index (χ4n) is 1.82. The third-order valence-corrected chi connectivity index (χ3v) is 2.65. The lowest BCUT2D eigenvalue weighted by atomic mass is 10.3. The van der Waals surface area contributed by atoms with Crippen LogP contribution in [0.4, 0.5) is 5.82 Å². The molecule has 0 amide bonds. The van der Waals surface area contributed by atoms with Crippen molar-refractivity contribution < 1.29 is 0 Å². The summed E-state index contributed by atoms with van der Waals surface area (Å²) >= 11 is 0. The molecule has 1 N–H and O–H groups in total. The Kier molecular flexibility index (Phi) is 3.86. The molecule has 0 aliphatic carbocycles. The second-order valence-corrected chi connectivity index (χ2v) is 4.27. The van der Waals surface area contributed by atoms with E-state index in [0.29, 0.717) is 0 Å². The van der Waals surface area contributed by atoms with Crippen LogP contribution in [0.1, 0.15) is 23.8 Å². The van der Waals surface area contributed by atoms with Gasteiger partial charge in [-0.15, -0.1) is 0 Å². The summed E-state index contributed by atoms with van der Waals surface area (Å²) in [5.74, 6) is 2.69. The van der Waals surface area contributed by atoms with Crippen molar-refractivity contribution in [3.8, 4) is 0 Å². The predicted molar refractivity (Wildman–Crippen MR) is 69.3 cm³/mol. The van der Waals surface area contributed by atoms with Crippen LogP contribution in [0.3, 0.4) is 0 Å². The van der Waals surface area contributed by atoms with E-state index in [1.165, 1.54) is 0 Å². The monoisotopic (exact) mass is 246 g/mol. The molecule has 0 saturated carbocycles. The Balaban J connectivity index is 1.80. The zero-order valence-electron chi connectivity index (χ0n) is 11.0. The molecule has 0 aromatic carbocycles. The number of hydrogen-bond donors (Lipinski definition) is 1. The molecule has 0 radical (unpaired) electrons. The summed E-state index contributed by atoms with van der Waals surface area (Å²) in [5.41, 5.74) is 0.985. The van der Waals surface area contributed by atoms with E-state index in [4.69, 9.17) is 0 Å². The summed E-state index contributed by atoms with van der Waals surface area (Å²) in [6, 6.07) is 1.95. The van der Waals surface area contributed by atoms with Gasteiger partial charge >= 0.3 is 0 Å². The minimum atomic E-state index is 0.797. The quantitative estimate of drug-likeness (QED) is 0.804. The minimum absolute atomic E-state index is 0.797. The first kappa shape index (κ1) is 12.5. The molecule has 6 nitrogen and oxygen atoms in total. The van der Waals surface area contributed by atoms with E-state index in [9.17, 15) is 0 Å². The van der Waals surface area contributed by atoms with Crippen molar-refractivity contribution in [2.75, 3.05) is 11.9 Å². The molecule has 0 fully saturated rings. The Morgan fingerprint density at radius 3 is 2.78 bits per heavy atom. The zero-order valence-corrected chi connectivity index (χ0v) is 11.0. The third kappa shape index (κ3) is 3.26. The maximum absolute atomic E-state index is 4.33. The highest BCUT2D eigenvalue weighted by Crippen LogP contribution is 2.06. The SMILES string of the molecule is Cc1cc(NCCCc2ncnn2C)nc(C)n1. The lowest BCUT2D eigenvalue weighted by molar-refractivity contribution is 0.679. The van der Waals surface area contributed by atoms with E-state index < -0.39 is 0 Å². The van der Waals surface area contributed by atoms with Gasteiger partial charge in [-0.25, -0.2) is 15.0 Å². The number of aryl methyl sites for hydroxylation is 4. The van der Waals surface area contributed by atoms with E-state index in [1.54, 1.807) is 11.0 Å². The molecule has 0 aliphatic rings. The van der Waals surface area contributed by atoms with Crippen molar-refractivity contribution >= 4 is 5.82 Å². The van der Waals surface area contributed by atoms with Gasteiger partial charge in [0.2, 0.25) is 0 Å². The van der Waals surface area contributed by atoms with Crippen LogP contribution in [0.25, 0.3) is 0 Å². The highest BCUT2D eigenvalue weighted by Gasteiger charge is 2.01. The van der Waals surface area contributed by atoms with Crippen molar-refractivity contribution in [2.45, 2.75) is 26.7 Å².